The van der Waals surface area contributed by atoms with Crippen LogP contribution in [0, 0.1) is 11.8 Å². The molecule has 10 heteroatoms. The van der Waals surface area contributed by atoms with Crippen LogP contribution in [0.1, 0.15) is 39.7 Å². The Morgan fingerprint density at radius 1 is 0.909 bits per heavy atom. The maximum Gasteiger partial charge on any atom is 0.326 e. The predicted molar refractivity (Wildman–Crippen MR) is 130 cm³/mol. The van der Waals surface area contributed by atoms with Crippen LogP contribution in [0.2, 0.25) is 0 Å². The number of hydrogen-bond donors (Lipinski definition) is 6. The van der Waals surface area contributed by atoms with Gasteiger partial charge >= 0.3 is 5.97 Å². The van der Waals surface area contributed by atoms with Gasteiger partial charge in [-0.25, -0.2) is 4.79 Å². The maximum atomic E-state index is 12.9. The molecular weight excluding hydrogens is 444 g/mol. The highest BCUT2D eigenvalue weighted by atomic mass is 32.1. The molecule has 4 atom stereocenters. The molecule has 0 bridgehead atoms. The monoisotopic (exact) mass is 480 g/mol. The van der Waals surface area contributed by atoms with E-state index in [1.807, 2.05) is 19.9 Å². The van der Waals surface area contributed by atoms with Gasteiger partial charge in [-0.15, -0.1) is 0 Å². The first-order valence-electron chi connectivity index (χ1n) is 11.0. The normalized spacial score (nSPS) is 14.8. The number of carboxylic acids is 1. The van der Waals surface area contributed by atoms with Gasteiger partial charge in [0.25, 0.3) is 0 Å². The van der Waals surface area contributed by atoms with Crippen LogP contribution in [-0.4, -0.2) is 58.7 Å². The molecule has 4 unspecified atom stereocenters. The van der Waals surface area contributed by atoms with Crippen molar-refractivity contribution in [3.8, 4) is 0 Å². The van der Waals surface area contributed by atoms with Crippen LogP contribution in [0.3, 0.4) is 0 Å². The summed E-state index contributed by atoms with van der Waals surface area (Å²) < 4.78 is 0. The molecule has 0 saturated carbocycles. The molecule has 3 amide bonds. The molecule has 0 aliphatic rings. The maximum absolute atomic E-state index is 12.9. The Kier molecular flexibility index (Phi) is 11.9. The topological polar surface area (TPSA) is 151 Å². The molecule has 0 aliphatic carbocycles. The first-order chi connectivity index (χ1) is 15.5. The molecule has 0 fully saturated rings. The van der Waals surface area contributed by atoms with Gasteiger partial charge in [-0.2, -0.15) is 12.6 Å². The first kappa shape index (κ1) is 28.4. The Hall–Kier alpha value is -2.59. The highest BCUT2D eigenvalue weighted by Gasteiger charge is 2.31. The van der Waals surface area contributed by atoms with Gasteiger partial charge in [0.1, 0.15) is 18.1 Å². The molecule has 0 saturated heterocycles. The molecule has 0 spiro atoms. The van der Waals surface area contributed by atoms with Crippen molar-refractivity contribution in [2.45, 2.75) is 64.7 Å². The Balaban J connectivity index is 2.84. The lowest BCUT2D eigenvalue weighted by molar-refractivity contribution is -0.142. The standard InChI is InChI=1S/C23H36N4O5S/c1-13(2)10-16(24)20(28)26-18(12-33)21(29)27-19(14(3)4)22(30)25-17(23(31)32)11-15-8-6-5-7-9-15/h5-9,13-14,16-19,33H,10-12,24H2,1-4H3,(H,25,30)(H,26,28)(H,27,29)(H,31,32). The number of thiol groups is 1. The zero-order valence-corrected chi connectivity index (χ0v) is 20.5. The molecule has 6 N–H and O–H groups in total. The SMILES string of the molecule is CC(C)CC(N)C(=O)NC(CS)C(=O)NC(C(=O)NC(Cc1ccccc1)C(=O)O)C(C)C. The third-order valence-corrected chi connectivity index (χ3v) is 5.39. The lowest BCUT2D eigenvalue weighted by Gasteiger charge is -2.26. The molecule has 1 aromatic rings. The molecule has 9 nitrogen and oxygen atoms in total. The average Bonchev–Trinajstić information content (AvgIpc) is 2.74. The second kappa shape index (κ2) is 13.8. The van der Waals surface area contributed by atoms with Crippen molar-refractivity contribution >= 4 is 36.3 Å². The number of amides is 3. The number of benzene rings is 1. The molecular formula is C23H36N4O5S. The van der Waals surface area contributed by atoms with Gasteiger partial charge in [0.2, 0.25) is 17.7 Å². The number of rotatable bonds is 13. The Morgan fingerprint density at radius 3 is 1.97 bits per heavy atom. The quantitative estimate of drug-likeness (QED) is 0.229. The van der Waals surface area contributed by atoms with E-state index in [2.05, 4.69) is 28.6 Å². The fraction of sp³-hybridized carbons (Fsp3) is 0.565. The van der Waals surface area contributed by atoms with Crippen LogP contribution >= 0.6 is 12.6 Å². The summed E-state index contributed by atoms with van der Waals surface area (Å²) in [6.45, 7) is 7.32. The number of aliphatic carboxylic acids is 1. The Morgan fingerprint density at radius 2 is 1.48 bits per heavy atom. The molecule has 0 aliphatic heterocycles. The second-order valence-electron chi connectivity index (χ2n) is 8.80. The zero-order chi connectivity index (χ0) is 25.1. The Labute approximate surface area is 200 Å². The van der Waals surface area contributed by atoms with Crippen LogP contribution in [0.5, 0.6) is 0 Å². The summed E-state index contributed by atoms with van der Waals surface area (Å²) in [5.74, 6) is -3.00. The lowest BCUT2D eigenvalue weighted by atomic mass is 10.0. The van der Waals surface area contributed by atoms with Crippen molar-refractivity contribution in [1.29, 1.82) is 0 Å². The van der Waals surface area contributed by atoms with Gasteiger partial charge in [-0.1, -0.05) is 58.0 Å². The zero-order valence-electron chi connectivity index (χ0n) is 19.6. The third kappa shape index (κ3) is 9.83. The summed E-state index contributed by atoms with van der Waals surface area (Å²) in [7, 11) is 0. The first-order valence-corrected chi connectivity index (χ1v) is 11.6. The minimum Gasteiger partial charge on any atom is -0.480 e. The fourth-order valence-electron chi connectivity index (χ4n) is 3.19. The smallest absolute Gasteiger partial charge is 0.326 e. The summed E-state index contributed by atoms with van der Waals surface area (Å²) in [5, 5.41) is 17.2. The van der Waals surface area contributed by atoms with E-state index in [1.165, 1.54) is 0 Å². The molecule has 184 valence electrons. The molecule has 0 heterocycles. The van der Waals surface area contributed by atoms with E-state index < -0.39 is 47.9 Å². The second-order valence-corrected chi connectivity index (χ2v) is 9.16. The van der Waals surface area contributed by atoms with Gasteiger partial charge in [-0.3, -0.25) is 14.4 Å². The van der Waals surface area contributed by atoms with E-state index in [1.54, 1.807) is 38.1 Å². The number of nitrogens with one attached hydrogen (secondary N) is 3. The predicted octanol–water partition coefficient (Wildman–Crippen LogP) is 0.727. The number of hydrogen-bond acceptors (Lipinski definition) is 6. The largest absolute Gasteiger partial charge is 0.480 e. The summed E-state index contributed by atoms with van der Waals surface area (Å²) in [6.07, 6.45) is 0.561. The van der Waals surface area contributed by atoms with Gasteiger partial charge in [0.05, 0.1) is 6.04 Å². The van der Waals surface area contributed by atoms with Crippen molar-refractivity contribution in [1.82, 2.24) is 16.0 Å². The molecule has 0 aromatic heterocycles. The van der Waals surface area contributed by atoms with E-state index >= 15 is 0 Å². The average molecular weight is 481 g/mol. The van der Waals surface area contributed by atoms with E-state index in [4.69, 9.17) is 5.73 Å². The van der Waals surface area contributed by atoms with Crippen molar-refractivity contribution in [3.05, 3.63) is 35.9 Å². The van der Waals surface area contributed by atoms with E-state index in [-0.39, 0.29) is 24.0 Å². The summed E-state index contributed by atoms with van der Waals surface area (Å²) >= 11 is 4.14. The van der Waals surface area contributed by atoms with Crippen LogP contribution in [0.15, 0.2) is 30.3 Å². The number of carbonyl (C=O) groups excluding carboxylic acids is 3. The third-order valence-electron chi connectivity index (χ3n) is 5.02. The molecule has 0 radical (unpaired) electrons. The van der Waals surface area contributed by atoms with Crippen LogP contribution in [-0.2, 0) is 25.6 Å². The van der Waals surface area contributed by atoms with E-state index in [9.17, 15) is 24.3 Å². The molecule has 33 heavy (non-hydrogen) atoms. The van der Waals surface area contributed by atoms with Crippen molar-refractivity contribution in [2.24, 2.45) is 17.6 Å². The number of nitrogens with two attached hydrogens (primary N) is 1. The summed E-state index contributed by atoms with van der Waals surface area (Å²) in [6, 6.07) is 5.01. The van der Waals surface area contributed by atoms with E-state index in [0.717, 1.165) is 5.56 Å². The highest BCUT2D eigenvalue weighted by Crippen LogP contribution is 2.08. The lowest BCUT2D eigenvalue weighted by Crippen LogP contribution is -2.59. The van der Waals surface area contributed by atoms with Crippen molar-refractivity contribution in [2.75, 3.05) is 5.75 Å². The van der Waals surface area contributed by atoms with Gasteiger partial charge in [0.15, 0.2) is 0 Å². The van der Waals surface area contributed by atoms with E-state index in [0.29, 0.717) is 6.42 Å². The minimum absolute atomic E-state index is 0.00413. The molecule has 1 aromatic carbocycles. The Bertz CT molecular complexity index is 803. The van der Waals surface area contributed by atoms with Crippen LogP contribution < -0.4 is 21.7 Å². The number of carboxylic acid groups (broad SMARTS) is 1. The summed E-state index contributed by atoms with van der Waals surface area (Å²) in [4.78, 5) is 49.6. The minimum atomic E-state index is -1.18. The van der Waals surface area contributed by atoms with Crippen molar-refractivity contribution in [3.63, 3.8) is 0 Å². The highest BCUT2D eigenvalue weighted by molar-refractivity contribution is 7.80. The van der Waals surface area contributed by atoms with Gasteiger partial charge in [0, 0.05) is 12.2 Å². The van der Waals surface area contributed by atoms with Gasteiger partial charge in [-0.05, 0) is 23.8 Å². The van der Waals surface area contributed by atoms with Crippen molar-refractivity contribution < 1.29 is 24.3 Å². The summed E-state index contributed by atoms with van der Waals surface area (Å²) in [5.41, 5.74) is 6.63. The molecule has 1 rings (SSSR count). The van der Waals surface area contributed by atoms with Crippen LogP contribution in [0.25, 0.3) is 0 Å². The van der Waals surface area contributed by atoms with Crippen LogP contribution in [0.4, 0.5) is 0 Å². The van der Waals surface area contributed by atoms with Gasteiger partial charge < -0.3 is 26.8 Å². The number of carbonyl (C=O) groups is 4. The fourth-order valence-corrected chi connectivity index (χ4v) is 3.45.